The largest absolute Gasteiger partial charge is 0.466 e. The fourth-order valence-electron chi connectivity index (χ4n) is 4.43. The number of esters is 1. The van der Waals surface area contributed by atoms with E-state index in [0.29, 0.717) is 12.6 Å². The Hall–Kier alpha value is -2.01. The Morgan fingerprint density at radius 2 is 1.74 bits per heavy atom. The van der Waals surface area contributed by atoms with Crippen molar-refractivity contribution in [1.82, 2.24) is 9.47 Å². The third-order valence-corrected chi connectivity index (χ3v) is 6.61. The van der Waals surface area contributed by atoms with Gasteiger partial charge in [-0.25, -0.2) is 0 Å². The molecule has 1 aliphatic rings. The van der Waals surface area contributed by atoms with Crippen molar-refractivity contribution in [2.45, 2.75) is 38.6 Å². The lowest BCUT2D eigenvalue weighted by Gasteiger charge is -2.33. The predicted molar refractivity (Wildman–Crippen MR) is 127 cm³/mol. The predicted octanol–water partition coefficient (Wildman–Crippen LogP) is 5.93. The van der Waals surface area contributed by atoms with Gasteiger partial charge in [0.25, 0.3) is 0 Å². The number of rotatable bonds is 7. The molecule has 0 aliphatic carbocycles. The van der Waals surface area contributed by atoms with E-state index in [2.05, 4.69) is 27.7 Å². The van der Waals surface area contributed by atoms with Crippen molar-refractivity contribution in [3.05, 3.63) is 69.8 Å². The molecule has 31 heavy (non-hydrogen) atoms. The normalized spacial score (nSPS) is 15.5. The molecule has 1 aliphatic heterocycles. The summed E-state index contributed by atoms with van der Waals surface area (Å²) in [4.78, 5) is 14.4. The topological polar surface area (TPSA) is 34.5 Å². The number of halogens is 2. The van der Waals surface area contributed by atoms with Crippen LogP contribution in [0, 0.1) is 0 Å². The smallest absolute Gasteiger partial charge is 0.310 e. The summed E-state index contributed by atoms with van der Waals surface area (Å²) in [5, 5.41) is 2.66. The van der Waals surface area contributed by atoms with Crippen molar-refractivity contribution in [1.29, 1.82) is 0 Å². The molecule has 0 spiro atoms. The molecule has 1 fully saturated rings. The highest BCUT2D eigenvalue weighted by molar-refractivity contribution is 6.31. The van der Waals surface area contributed by atoms with E-state index in [-0.39, 0.29) is 12.4 Å². The maximum Gasteiger partial charge on any atom is 0.310 e. The van der Waals surface area contributed by atoms with E-state index in [1.807, 2.05) is 37.3 Å². The summed E-state index contributed by atoms with van der Waals surface area (Å²) >= 11 is 12.6. The summed E-state index contributed by atoms with van der Waals surface area (Å²) in [6.07, 6.45) is 3.44. The minimum Gasteiger partial charge on any atom is -0.466 e. The Balaban J connectivity index is 1.41. The van der Waals surface area contributed by atoms with Gasteiger partial charge in [-0.15, -0.1) is 0 Å². The first-order chi connectivity index (χ1) is 15.0. The number of hydrogen-bond donors (Lipinski definition) is 0. The lowest BCUT2D eigenvalue weighted by molar-refractivity contribution is -0.142. The zero-order valence-electron chi connectivity index (χ0n) is 17.8. The molecule has 0 unspecified atom stereocenters. The van der Waals surface area contributed by atoms with Crippen LogP contribution >= 0.6 is 23.2 Å². The summed E-state index contributed by atoms with van der Waals surface area (Å²) in [5.41, 5.74) is 3.38. The molecule has 2 aromatic carbocycles. The van der Waals surface area contributed by atoms with Crippen LogP contribution in [-0.4, -0.2) is 41.7 Å². The van der Waals surface area contributed by atoms with Crippen LogP contribution in [0.1, 0.15) is 36.9 Å². The standard InChI is InChI=1S/C25H28Cl2N2O2/c1-2-31-25(30)16-19-3-6-20-17-24(27)29(23(20)15-19)22-10-13-28(14-11-22)12-9-18-4-7-21(26)8-5-18/h3-8,15,17,22H,2,9-14,16H2,1H3. The van der Waals surface area contributed by atoms with Gasteiger partial charge < -0.3 is 14.2 Å². The van der Waals surface area contributed by atoms with Gasteiger partial charge >= 0.3 is 5.97 Å². The van der Waals surface area contributed by atoms with Gasteiger partial charge in [0.1, 0.15) is 5.15 Å². The molecule has 4 nitrogen and oxygen atoms in total. The van der Waals surface area contributed by atoms with E-state index >= 15 is 0 Å². The van der Waals surface area contributed by atoms with Crippen LogP contribution in [-0.2, 0) is 22.4 Å². The fourth-order valence-corrected chi connectivity index (χ4v) is 4.90. The number of likely N-dealkylation sites (tertiary alicyclic amines) is 1. The van der Waals surface area contributed by atoms with Crippen LogP contribution in [0.2, 0.25) is 10.2 Å². The number of fused-ring (bicyclic) bond motifs is 1. The van der Waals surface area contributed by atoms with Gasteiger partial charge in [0, 0.05) is 41.6 Å². The Morgan fingerprint density at radius 1 is 1.03 bits per heavy atom. The van der Waals surface area contributed by atoms with E-state index < -0.39 is 0 Å². The number of carbonyl (C=O) groups is 1. The number of piperidine rings is 1. The van der Waals surface area contributed by atoms with E-state index in [1.165, 1.54) is 5.56 Å². The van der Waals surface area contributed by atoms with Crippen molar-refractivity contribution in [3.63, 3.8) is 0 Å². The van der Waals surface area contributed by atoms with E-state index in [4.69, 9.17) is 27.9 Å². The molecule has 0 N–H and O–H groups in total. The number of ether oxygens (including phenoxy) is 1. The molecular formula is C25H28Cl2N2O2. The highest BCUT2D eigenvalue weighted by atomic mass is 35.5. The number of benzene rings is 2. The van der Waals surface area contributed by atoms with Gasteiger partial charge in [-0.05, 0) is 61.6 Å². The molecule has 3 aromatic rings. The summed E-state index contributed by atoms with van der Waals surface area (Å²) < 4.78 is 7.35. The monoisotopic (exact) mass is 458 g/mol. The molecule has 1 saturated heterocycles. The molecule has 164 valence electrons. The van der Waals surface area contributed by atoms with Gasteiger partial charge in [-0.2, -0.15) is 0 Å². The second-order valence-electron chi connectivity index (χ2n) is 8.16. The summed E-state index contributed by atoms with van der Waals surface area (Å²) in [7, 11) is 0. The third kappa shape index (κ3) is 5.43. The first-order valence-electron chi connectivity index (χ1n) is 10.9. The Kier molecular flexibility index (Phi) is 7.21. The van der Waals surface area contributed by atoms with Gasteiger partial charge in [-0.3, -0.25) is 4.79 Å². The molecule has 0 amide bonds. The molecule has 4 rings (SSSR count). The maximum atomic E-state index is 11.9. The van der Waals surface area contributed by atoms with Crippen molar-refractivity contribution < 1.29 is 9.53 Å². The number of nitrogens with zero attached hydrogens (tertiary/aromatic N) is 2. The first-order valence-corrected chi connectivity index (χ1v) is 11.7. The summed E-state index contributed by atoms with van der Waals surface area (Å²) in [5.74, 6) is -0.194. The van der Waals surface area contributed by atoms with Crippen LogP contribution in [0.15, 0.2) is 48.5 Å². The molecule has 2 heterocycles. The molecule has 0 radical (unpaired) electrons. The fraction of sp³-hybridized carbons (Fsp3) is 0.400. The van der Waals surface area contributed by atoms with Crippen molar-refractivity contribution >= 4 is 40.1 Å². The molecule has 1 aromatic heterocycles. The number of carbonyl (C=O) groups excluding carboxylic acids is 1. The quantitative estimate of drug-likeness (QED) is 0.411. The lowest BCUT2D eigenvalue weighted by atomic mass is 10.0. The SMILES string of the molecule is CCOC(=O)Cc1ccc2cc(Cl)n(C3CCN(CCc4ccc(Cl)cc4)CC3)c2c1. The van der Waals surface area contributed by atoms with E-state index in [9.17, 15) is 4.79 Å². The molecule has 6 heteroatoms. The zero-order valence-corrected chi connectivity index (χ0v) is 19.3. The number of hydrogen-bond acceptors (Lipinski definition) is 3. The lowest BCUT2D eigenvalue weighted by Crippen LogP contribution is -2.36. The van der Waals surface area contributed by atoms with Gasteiger partial charge in [0.2, 0.25) is 0 Å². The first kappa shape index (κ1) is 22.2. The second kappa shape index (κ2) is 10.1. The highest BCUT2D eigenvalue weighted by Gasteiger charge is 2.23. The molecule has 0 bridgehead atoms. The average Bonchev–Trinajstić information content (AvgIpc) is 3.09. The number of aromatic nitrogens is 1. The minimum atomic E-state index is -0.194. The second-order valence-corrected chi connectivity index (χ2v) is 8.98. The van der Waals surface area contributed by atoms with Gasteiger partial charge in [-0.1, -0.05) is 47.5 Å². The zero-order chi connectivity index (χ0) is 21.8. The summed E-state index contributed by atoms with van der Waals surface area (Å²) in [6.45, 7) is 5.39. The van der Waals surface area contributed by atoms with Crippen LogP contribution in [0.3, 0.4) is 0 Å². The third-order valence-electron chi connectivity index (χ3n) is 6.07. The van der Waals surface area contributed by atoms with Crippen LogP contribution in [0.25, 0.3) is 10.9 Å². The van der Waals surface area contributed by atoms with Crippen LogP contribution < -0.4 is 0 Å². The Labute approximate surface area is 193 Å². The highest BCUT2D eigenvalue weighted by Crippen LogP contribution is 2.33. The average molecular weight is 459 g/mol. The van der Waals surface area contributed by atoms with Crippen molar-refractivity contribution in [2.24, 2.45) is 0 Å². The van der Waals surface area contributed by atoms with E-state index in [1.54, 1.807) is 0 Å². The molecule has 0 saturated carbocycles. The van der Waals surface area contributed by atoms with E-state index in [0.717, 1.165) is 65.5 Å². The van der Waals surface area contributed by atoms with Gasteiger partial charge in [0.15, 0.2) is 0 Å². The Bertz CT molecular complexity index is 1040. The maximum absolute atomic E-state index is 11.9. The van der Waals surface area contributed by atoms with Crippen molar-refractivity contribution in [2.75, 3.05) is 26.2 Å². The van der Waals surface area contributed by atoms with Crippen LogP contribution in [0.5, 0.6) is 0 Å². The summed E-state index contributed by atoms with van der Waals surface area (Å²) in [6, 6.07) is 16.6. The molecular weight excluding hydrogens is 431 g/mol. The van der Waals surface area contributed by atoms with Crippen molar-refractivity contribution in [3.8, 4) is 0 Å². The molecule has 0 atom stereocenters. The minimum absolute atomic E-state index is 0.194. The van der Waals surface area contributed by atoms with Gasteiger partial charge in [0.05, 0.1) is 13.0 Å². The Morgan fingerprint density at radius 3 is 2.45 bits per heavy atom. The van der Waals surface area contributed by atoms with Crippen LogP contribution in [0.4, 0.5) is 0 Å².